The van der Waals surface area contributed by atoms with Crippen molar-refractivity contribution in [3.05, 3.63) is 64.7 Å². The lowest BCUT2D eigenvalue weighted by molar-refractivity contribution is 0.102. The van der Waals surface area contributed by atoms with Gasteiger partial charge in [-0.05, 0) is 42.8 Å². The summed E-state index contributed by atoms with van der Waals surface area (Å²) in [5.41, 5.74) is 2.07. The monoisotopic (exact) mass is 375 g/mol. The second-order valence-corrected chi connectivity index (χ2v) is 5.74. The number of nitrogens with one attached hydrogen (secondary N) is 1. The molecule has 0 fully saturated rings. The zero-order valence-corrected chi connectivity index (χ0v) is 14.6. The lowest BCUT2D eigenvalue weighted by Gasteiger charge is -2.14. The van der Waals surface area contributed by atoms with Gasteiger partial charge in [0.15, 0.2) is 11.5 Å². The molecule has 0 unspecified atom stereocenters. The molecule has 0 aliphatic carbocycles. The molecule has 0 spiro atoms. The van der Waals surface area contributed by atoms with Gasteiger partial charge in [0.2, 0.25) is 0 Å². The molecular weight excluding hydrogens is 358 g/mol. The van der Waals surface area contributed by atoms with E-state index in [0.29, 0.717) is 23.5 Å². The summed E-state index contributed by atoms with van der Waals surface area (Å²) in [6, 6.07) is 10.8. The molecule has 0 heterocycles. The van der Waals surface area contributed by atoms with E-state index >= 15 is 0 Å². The molecule has 4 nitrogen and oxygen atoms in total. The van der Waals surface area contributed by atoms with Gasteiger partial charge in [-0.3, -0.25) is 4.79 Å². The van der Waals surface area contributed by atoms with Crippen molar-refractivity contribution >= 4 is 27.5 Å². The molecule has 23 heavy (non-hydrogen) atoms. The Kier molecular flexibility index (Phi) is 5.82. The lowest BCUT2D eigenvalue weighted by Crippen LogP contribution is -2.13. The molecule has 1 N–H and O–H groups in total. The number of amides is 1. The fraction of sp³-hybridized carbons (Fsp3) is 0.167. The Morgan fingerprint density at radius 1 is 1.22 bits per heavy atom. The standard InChI is InChI=1S/C18H18BrNO3/c1-4-5-12-10-13(11-16(22-2)17(12)23-3)18(21)20-15-8-6-14(19)7-9-15/h4,6-11H,1,5H2,2-3H3,(H,20,21). The third-order valence-electron chi connectivity index (χ3n) is 3.28. The third kappa shape index (κ3) is 4.13. The molecule has 5 heteroatoms. The first-order chi connectivity index (χ1) is 11.1. The van der Waals surface area contributed by atoms with E-state index in [1.807, 2.05) is 24.3 Å². The molecule has 1 amide bonds. The van der Waals surface area contributed by atoms with Crippen molar-refractivity contribution in [2.45, 2.75) is 6.42 Å². The summed E-state index contributed by atoms with van der Waals surface area (Å²) >= 11 is 3.37. The molecule has 0 saturated heterocycles. The summed E-state index contributed by atoms with van der Waals surface area (Å²) < 4.78 is 11.7. The van der Waals surface area contributed by atoms with Crippen LogP contribution in [0.15, 0.2) is 53.5 Å². The second-order valence-electron chi connectivity index (χ2n) is 4.82. The van der Waals surface area contributed by atoms with Gasteiger partial charge in [-0.15, -0.1) is 6.58 Å². The molecule has 0 saturated carbocycles. The van der Waals surface area contributed by atoms with Gasteiger partial charge >= 0.3 is 0 Å². The van der Waals surface area contributed by atoms with Crippen molar-refractivity contribution in [3.8, 4) is 11.5 Å². The smallest absolute Gasteiger partial charge is 0.255 e. The van der Waals surface area contributed by atoms with E-state index in [1.54, 1.807) is 32.4 Å². The van der Waals surface area contributed by atoms with Crippen LogP contribution < -0.4 is 14.8 Å². The number of hydrogen-bond donors (Lipinski definition) is 1. The van der Waals surface area contributed by atoms with Crippen LogP contribution in [0.4, 0.5) is 5.69 Å². The van der Waals surface area contributed by atoms with Crippen molar-refractivity contribution in [2.24, 2.45) is 0 Å². The van der Waals surface area contributed by atoms with Crippen molar-refractivity contribution in [3.63, 3.8) is 0 Å². The van der Waals surface area contributed by atoms with Gasteiger partial charge in [-0.2, -0.15) is 0 Å². The molecule has 2 aromatic rings. The average molecular weight is 376 g/mol. The van der Waals surface area contributed by atoms with E-state index < -0.39 is 0 Å². The molecule has 0 atom stereocenters. The number of hydrogen-bond acceptors (Lipinski definition) is 3. The molecule has 0 aromatic heterocycles. The predicted molar refractivity (Wildman–Crippen MR) is 95.5 cm³/mol. The fourth-order valence-corrected chi connectivity index (χ4v) is 2.48. The van der Waals surface area contributed by atoms with Crippen molar-refractivity contribution in [1.29, 1.82) is 0 Å². The number of benzene rings is 2. The Morgan fingerprint density at radius 2 is 1.91 bits per heavy atom. The van der Waals surface area contributed by atoms with Gasteiger partial charge in [-0.25, -0.2) is 0 Å². The van der Waals surface area contributed by atoms with Gasteiger partial charge in [-0.1, -0.05) is 22.0 Å². The first kappa shape index (κ1) is 17.1. The number of ether oxygens (including phenoxy) is 2. The Balaban J connectivity index is 2.33. The van der Waals surface area contributed by atoms with Gasteiger partial charge in [0.25, 0.3) is 5.91 Å². The summed E-state index contributed by atoms with van der Waals surface area (Å²) in [6.45, 7) is 3.74. The summed E-state index contributed by atoms with van der Waals surface area (Å²) in [5.74, 6) is 0.930. The quantitative estimate of drug-likeness (QED) is 0.758. The summed E-state index contributed by atoms with van der Waals surface area (Å²) in [7, 11) is 3.12. The van der Waals surface area contributed by atoms with Crippen LogP contribution in [0, 0.1) is 0 Å². The number of methoxy groups -OCH3 is 2. The highest BCUT2D eigenvalue weighted by Gasteiger charge is 2.15. The minimum absolute atomic E-state index is 0.210. The van der Waals surface area contributed by atoms with Crippen LogP contribution in [0.3, 0.4) is 0 Å². The van der Waals surface area contributed by atoms with Crippen LogP contribution in [0.2, 0.25) is 0 Å². The van der Waals surface area contributed by atoms with E-state index in [9.17, 15) is 4.79 Å². The van der Waals surface area contributed by atoms with E-state index in [4.69, 9.17) is 9.47 Å². The van der Waals surface area contributed by atoms with E-state index in [-0.39, 0.29) is 5.91 Å². The van der Waals surface area contributed by atoms with E-state index in [2.05, 4.69) is 27.8 Å². The Labute approximate surface area is 144 Å². The van der Waals surface area contributed by atoms with Crippen molar-refractivity contribution < 1.29 is 14.3 Å². The maximum Gasteiger partial charge on any atom is 0.255 e. The maximum atomic E-state index is 12.5. The number of rotatable bonds is 6. The van der Waals surface area contributed by atoms with Gasteiger partial charge in [0.1, 0.15) is 0 Å². The number of carbonyl (C=O) groups excluding carboxylic acids is 1. The fourth-order valence-electron chi connectivity index (χ4n) is 2.22. The van der Waals surface area contributed by atoms with Crippen molar-refractivity contribution in [2.75, 3.05) is 19.5 Å². The minimum Gasteiger partial charge on any atom is -0.493 e. The molecule has 0 aliphatic heterocycles. The van der Waals surface area contributed by atoms with Gasteiger partial charge < -0.3 is 14.8 Å². The first-order valence-electron chi connectivity index (χ1n) is 7.01. The average Bonchev–Trinajstić information content (AvgIpc) is 2.56. The maximum absolute atomic E-state index is 12.5. The molecule has 2 aromatic carbocycles. The normalized spacial score (nSPS) is 10.0. The van der Waals surface area contributed by atoms with Crippen molar-refractivity contribution in [1.82, 2.24) is 0 Å². The molecule has 0 aliphatic rings. The van der Waals surface area contributed by atoms with Crippen LogP contribution in [0.1, 0.15) is 15.9 Å². The lowest BCUT2D eigenvalue weighted by atomic mass is 10.0. The number of carbonyl (C=O) groups is 1. The van der Waals surface area contributed by atoms with Crippen LogP contribution in [-0.2, 0) is 6.42 Å². The molecule has 0 bridgehead atoms. The highest BCUT2D eigenvalue weighted by atomic mass is 79.9. The summed E-state index contributed by atoms with van der Waals surface area (Å²) in [6.07, 6.45) is 2.34. The Hall–Kier alpha value is -2.27. The zero-order valence-electron chi connectivity index (χ0n) is 13.1. The van der Waals surface area contributed by atoms with Crippen LogP contribution in [-0.4, -0.2) is 20.1 Å². The van der Waals surface area contributed by atoms with Crippen LogP contribution >= 0.6 is 15.9 Å². The van der Waals surface area contributed by atoms with Gasteiger partial charge in [0.05, 0.1) is 14.2 Å². The predicted octanol–water partition coefficient (Wildman–Crippen LogP) is 4.45. The first-order valence-corrected chi connectivity index (χ1v) is 7.81. The molecule has 0 radical (unpaired) electrons. The summed E-state index contributed by atoms with van der Waals surface area (Å²) in [5, 5.41) is 2.86. The number of anilines is 1. The van der Waals surface area contributed by atoms with Crippen LogP contribution in [0.5, 0.6) is 11.5 Å². The molecule has 2 rings (SSSR count). The Morgan fingerprint density at radius 3 is 2.48 bits per heavy atom. The highest BCUT2D eigenvalue weighted by molar-refractivity contribution is 9.10. The Bertz CT molecular complexity index is 711. The second kappa shape index (κ2) is 7.83. The molecule has 120 valence electrons. The molecular formula is C18H18BrNO3. The highest BCUT2D eigenvalue weighted by Crippen LogP contribution is 2.33. The number of allylic oxidation sites excluding steroid dienone is 1. The topological polar surface area (TPSA) is 47.6 Å². The zero-order chi connectivity index (χ0) is 16.8. The number of halogens is 1. The van der Waals surface area contributed by atoms with Gasteiger partial charge in [0, 0.05) is 21.3 Å². The van der Waals surface area contributed by atoms with Crippen LogP contribution in [0.25, 0.3) is 0 Å². The summed E-state index contributed by atoms with van der Waals surface area (Å²) in [4.78, 5) is 12.5. The minimum atomic E-state index is -0.210. The largest absolute Gasteiger partial charge is 0.493 e. The van der Waals surface area contributed by atoms with E-state index in [1.165, 1.54) is 0 Å². The third-order valence-corrected chi connectivity index (χ3v) is 3.81. The van der Waals surface area contributed by atoms with E-state index in [0.717, 1.165) is 15.7 Å². The SMILES string of the molecule is C=CCc1cc(C(=O)Nc2ccc(Br)cc2)cc(OC)c1OC.